The molecule has 0 aliphatic carbocycles. The molecule has 0 fully saturated rings. The van der Waals surface area contributed by atoms with E-state index in [1.165, 1.54) is 83.5 Å². The number of hydrogen-bond donors (Lipinski definition) is 2. The van der Waals surface area contributed by atoms with E-state index in [1.54, 1.807) is 0 Å². The molecule has 0 aliphatic heterocycles. The summed E-state index contributed by atoms with van der Waals surface area (Å²) < 4.78 is 0. The quantitative estimate of drug-likeness (QED) is 0.293. The van der Waals surface area contributed by atoms with E-state index >= 15 is 0 Å². The van der Waals surface area contributed by atoms with Crippen LogP contribution in [-0.2, 0) is 4.79 Å². The molecular weight excluding hydrogens is 298 g/mol. The minimum Gasteiger partial charge on any atom is -0.480 e. The highest BCUT2D eigenvalue weighted by Gasteiger charge is 2.19. The van der Waals surface area contributed by atoms with E-state index in [0.29, 0.717) is 0 Å². The van der Waals surface area contributed by atoms with Gasteiger partial charge in [0.05, 0.1) is 0 Å². The Balaban J connectivity index is 3.21. The third kappa shape index (κ3) is 15.0. The zero-order valence-electron chi connectivity index (χ0n) is 16.6. The van der Waals surface area contributed by atoms with E-state index < -0.39 is 12.0 Å². The van der Waals surface area contributed by atoms with Gasteiger partial charge in [-0.05, 0) is 18.9 Å². The normalized spacial score (nSPS) is 12.7. The lowest BCUT2D eigenvalue weighted by Crippen LogP contribution is -2.41. The van der Waals surface area contributed by atoms with Crippen LogP contribution in [0.25, 0.3) is 0 Å². The van der Waals surface area contributed by atoms with Crippen molar-refractivity contribution in [2.75, 3.05) is 6.54 Å². The molecular formula is C21H43NO2. The van der Waals surface area contributed by atoms with Crippen molar-refractivity contribution in [3.8, 4) is 0 Å². The number of carboxylic acids is 1. The number of carbonyl (C=O) groups is 1. The van der Waals surface area contributed by atoms with E-state index in [-0.39, 0.29) is 5.92 Å². The molecule has 0 saturated heterocycles. The van der Waals surface area contributed by atoms with Crippen molar-refractivity contribution in [2.45, 2.75) is 117 Å². The van der Waals surface area contributed by atoms with Crippen LogP contribution in [0.15, 0.2) is 0 Å². The first-order chi connectivity index (χ1) is 11.6. The second-order valence-electron chi connectivity index (χ2n) is 7.61. The molecule has 0 bridgehead atoms. The van der Waals surface area contributed by atoms with Gasteiger partial charge in [-0.15, -0.1) is 0 Å². The highest BCUT2D eigenvalue weighted by molar-refractivity contribution is 5.73. The van der Waals surface area contributed by atoms with Gasteiger partial charge < -0.3 is 10.4 Å². The first-order valence-corrected chi connectivity index (χ1v) is 10.6. The van der Waals surface area contributed by atoms with Crippen LogP contribution >= 0.6 is 0 Å². The molecule has 0 saturated carbocycles. The van der Waals surface area contributed by atoms with E-state index in [2.05, 4.69) is 12.2 Å². The maximum Gasteiger partial charge on any atom is 0.320 e. The Labute approximate surface area is 151 Å². The van der Waals surface area contributed by atoms with E-state index in [0.717, 1.165) is 13.0 Å². The summed E-state index contributed by atoms with van der Waals surface area (Å²) in [5.41, 5.74) is 0. The predicted octanol–water partition coefficient (Wildman–Crippen LogP) is 6.17. The molecule has 0 aliphatic rings. The standard InChI is InChI=1S/C21H43NO2/c1-4-5-6-7-8-9-10-11-12-13-14-15-16-17-18-22-20(19(2)3)21(23)24/h19-20,22H,4-18H2,1-3H3,(H,23,24)/t20-/m0/s1. The van der Waals surface area contributed by atoms with Crippen LogP contribution in [0.2, 0.25) is 0 Å². The summed E-state index contributed by atoms with van der Waals surface area (Å²) in [7, 11) is 0. The van der Waals surface area contributed by atoms with Gasteiger partial charge in [0, 0.05) is 0 Å². The first-order valence-electron chi connectivity index (χ1n) is 10.6. The average Bonchev–Trinajstić information content (AvgIpc) is 2.53. The Morgan fingerprint density at radius 2 is 1.12 bits per heavy atom. The van der Waals surface area contributed by atoms with Gasteiger partial charge in [0.2, 0.25) is 0 Å². The van der Waals surface area contributed by atoms with E-state index in [4.69, 9.17) is 5.11 Å². The molecule has 0 amide bonds. The van der Waals surface area contributed by atoms with Gasteiger partial charge in [0.15, 0.2) is 0 Å². The smallest absolute Gasteiger partial charge is 0.320 e. The van der Waals surface area contributed by atoms with Crippen molar-refractivity contribution < 1.29 is 9.90 Å². The minimum absolute atomic E-state index is 0.147. The number of hydrogen-bond acceptors (Lipinski definition) is 2. The fourth-order valence-electron chi connectivity index (χ4n) is 3.19. The van der Waals surface area contributed by atoms with Crippen molar-refractivity contribution in [3.63, 3.8) is 0 Å². The van der Waals surface area contributed by atoms with Gasteiger partial charge in [0.1, 0.15) is 6.04 Å². The summed E-state index contributed by atoms with van der Waals surface area (Å²) in [5.74, 6) is -0.579. The van der Waals surface area contributed by atoms with Crippen molar-refractivity contribution in [1.82, 2.24) is 5.32 Å². The Morgan fingerprint density at radius 3 is 1.46 bits per heavy atom. The summed E-state index contributed by atoms with van der Waals surface area (Å²) >= 11 is 0. The van der Waals surface area contributed by atoms with Crippen molar-refractivity contribution in [1.29, 1.82) is 0 Å². The predicted molar refractivity (Wildman–Crippen MR) is 105 cm³/mol. The third-order valence-electron chi connectivity index (χ3n) is 4.83. The highest BCUT2D eigenvalue weighted by Crippen LogP contribution is 2.13. The summed E-state index contributed by atoms with van der Waals surface area (Å²) in [6.07, 6.45) is 19.0. The zero-order chi connectivity index (χ0) is 18.0. The van der Waals surface area contributed by atoms with Gasteiger partial charge in [0.25, 0.3) is 0 Å². The highest BCUT2D eigenvalue weighted by atomic mass is 16.4. The van der Waals surface area contributed by atoms with Crippen LogP contribution in [0, 0.1) is 5.92 Å². The molecule has 24 heavy (non-hydrogen) atoms. The van der Waals surface area contributed by atoms with Gasteiger partial charge in [-0.3, -0.25) is 4.79 Å². The Bertz CT molecular complexity index is 279. The van der Waals surface area contributed by atoms with Crippen molar-refractivity contribution >= 4 is 5.97 Å². The van der Waals surface area contributed by atoms with Crippen molar-refractivity contribution in [2.24, 2.45) is 5.92 Å². The van der Waals surface area contributed by atoms with Gasteiger partial charge in [-0.25, -0.2) is 0 Å². The second kappa shape index (κ2) is 17.3. The molecule has 0 aromatic heterocycles. The molecule has 144 valence electrons. The summed E-state index contributed by atoms with van der Waals surface area (Å²) in [5, 5.41) is 12.3. The van der Waals surface area contributed by atoms with Gasteiger partial charge >= 0.3 is 5.97 Å². The zero-order valence-corrected chi connectivity index (χ0v) is 16.6. The number of aliphatic carboxylic acids is 1. The maximum atomic E-state index is 11.1. The number of nitrogens with one attached hydrogen (secondary N) is 1. The van der Waals surface area contributed by atoms with E-state index in [1.807, 2.05) is 13.8 Å². The molecule has 0 heterocycles. The second-order valence-corrected chi connectivity index (χ2v) is 7.61. The lowest BCUT2D eigenvalue weighted by atomic mass is 10.0. The molecule has 0 unspecified atom stereocenters. The number of rotatable bonds is 18. The van der Waals surface area contributed by atoms with Gasteiger partial charge in [-0.1, -0.05) is 104 Å². The lowest BCUT2D eigenvalue weighted by molar-refractivity contribution is -0.140. The van der Waals surface area contributed by atoms with Crippen LogP contribution in [0.5, 0.6) is 0 Å². The molecule has 0 radical (unpaired) electrons. The van der Waals surface area contributed by atoms with Crippen LogP contribution < -0.4 is 5.32 Å². The SMILES string of the molecule is CCCCCCCCCCCCCCCCN[C@H](C(=O)O)C(C)C. The summed E-state index contributed by atoms with van der Waals surface area (Å²) in [6, 6.07) is -0.396. The Kier molecular flexibility index (Phi) is 16.8. The molecule has 0 aromatic rings. The molecule has 0 aromatic carbocycles. The van der Waals surface area contributed by atoms with Gasteiger partial charge in [-0.2, -0.15) is 0 Å². The molecule has 3 heteroatoms. The molecule has 3 nitrogen and oxygen atoms in total. The average molecular weight is 342 g/mol. The fraction of sp³-hybridized carbons (Fsp3) is 0.952. The summed E-state index contributed by atoms with van der Waals surface area (Å²) in [6.45, 7) is 7.01. The largest absolute Gasteiger partial charge is 0.480 e. The maximum absolute atomic E-state index is 11.1. The van der Waals surface area contributed by atoms with Crippen LogP contribution in [0.1, 0.15) is 111 Å². The van der Waals surface area contributed by atoms with Crippen LogP contribution in [0.3, 0.4) is 0 Å². The molecule has 0 rings (SSSR count). The summed E-state index contributed by atoms with van der Waals surface area (Å²) in [4.78, 5) is 11.1. The minimum atomic E-state index is -0.727. The Hall–Kier alpha value is -0.570. The molecule has 2 N–H and O–H groups in total. The van der Waals surface area contributed by atoms with E-state index in [9.17, 15) is 4.79 Å². The third-order valence-corrected chi connectivity index (χ3v) is 4.83. The molecule has 0 spiro atoms. The fourth-order valence-corrected chi connectivity index (χ4v) is 3.19. The first kappa shape index (κ1) is 23.4. The monoisotopic (exact) mass is 341 g/mol. The number of carboxylic acid groups (broad SMARTS) is 1. The lowest BCUT2D eigenvalue weighted by Gasteiger charge is -2.17. The van der Waals surface area contributed by atoms with Crippen LogP contribution in [-0.4, -0.2) is 23.7 Å². The van der Waals surface area contributed by atoms with Crippen molar-refractivity contribution in [3.05, 3.63) is 0 Å². The Morgan fingerprint density at radius 1 is 0.750 bits per heavy atom. The van der Waals surface area contributed by atoms with Crippen LogP contribution in [0.4, 0.5) is 0 Å². The topological polar surface area (TPSA) is 49.3 Å². The number of unbranched alkanes of at least 4 members (excludes halogenated alkanes) is 13. The molecule has 1 atom stereocenters.